The zero-order valence-corrected chi connectivity index (χ0v) is 15.0. The Labute approximate surface area is 157 Å². The molecule has 2 aromatic carbocycles. The highest BCUT2D eigenvalue weighted by Crippen LogP contribution is 2.15. The predicted octanol–water partition coefficient (Wildman–Crippen LogP) is 3.06. The number of nitrogens with one attached hydrogen (secondary N) is 3. The summed E-state index contributed by atoms with van der Waals surface area (Å²) in [7, 11) is 0. The maximum Gasteiger partial charge on any atom is 0.269 e. The van der Waals surface area contributed by atoms with E-state index in [0.717, 1.165) is 11.3 Å². The van der Waals surface area contributed by atoms with Crippen molar-refractivity contribution >= 4 is 28.9 Å². The van der Waals surface area contributed by atoms with Crippen LogP contribution in [0.15, 0.2) is 48.5 Å². The van der Waals surface area contributed by atoms with E-state index in [2.05, 4.69) is 16.0 Å². The lowest BCUT2D eigenvalue weighted by Gasteiger charge is -2.09. The van der Waals surface area contributed by atoms with Crippen LogP contribution in [0.2, 0.25) is 0 Å². The summed E-state index contributed by atoms with van der Waals surface area (Å²) in [6.07, 6.45) is 1.00. The molecule has 8 heteroatoms. The number of benzene rings is 2. The molecule has 0 aliphatic rings. The standard InChI is InChI=1S/C19H22N4O4/c1-14(24)22-17-5-2-4-15(12-17)13-21-19(25)6-3-11-20-16-7-9-18(10-8-16)23(26)27/h2,4-5,7-10,12,20H,3,6,11,13H2,1H3,(H,21,25)(H,22,24). The number of nitro groups is 1. The third-order valence-corrected chi connectivity index (χ3v) is 3.72. The number of hydrogen-bond donors (Lipinski definition) is 3. The Morgan fingerprint density at radius 1 is 1.07 bits per heavy atom. The van der Waals surface area contributed by atoms with Gasteiger partial charge >= 0.3 is 0 Å². The third kappa shape index (κ3) is 7.15. The second-order valence-corrected chi connectivity index (χ2v) is 5.99. The molecule has 0 aliphatic heterocycles. The van der Waals surface area contributed by atoms with E-state index < -0.39 is 4.92 Å². The molecular weight excluding hydrogens is 348 g/mol. The molecule has 0 fully saturated rings. The average molecular weight is 370 g/mol. The Morgan fingerprint density at radius 2 is 1.81 bits per heavy atom. The van der Waals surface area contributed by atoms with Crippen LogP contribution in [0.25, 0.3) is 0 Å². The summed E-state index contributed by atoms with van der Waals surface area (Å²) in [6, 6.07) is 13.5. The molecule has 3 N–H and O–H groups in total. The van der Waals surface area contributed by atoms with Gasteiger partial charge in [0, 0.05) is 49.9 Å². The van der Waals surface area contributed by atoms with Crippen molar-refractivity contribution in [3.63, 3.8) is 0 Å². The first-order valence-electron chi connectivity index (χ1n) is 8.55. The van der Waals surface area contributed by atoms with E-state index in [4.69, 9.17) is 0 Å². The lowest BCUT2D eigenvalue weighted by atomic mass is 10.2. The third-order valence-electron chi connectivity index (χ3n) is 3.72. The van der Waals surface area contributed by atoms with Crippen LogP contribution in [0.5, 0.6) is 0 Å². The monoisotopic (exact) mass is 370 g/mol. The Hall–Kier alpha value is -3.42. The SMILES string of the molecule is CC(=O)Nc1cccc(CNC(=O)CCCNc2ccc([N+](=O)[O-])cc2)c1. The first-order valence-corrected chi connectivity index (χ1v) is 8.55. The van der Waals surface area contributed by atoms with Gasteiger partial charge in [0.2, 0.25) is 11.8 Å². The minimum absolute atomic E-state index is 0.0440. The highest BCUT2D eigenvalue weighted by atomic mass is 16.6. The van der Waals surface area contributed by atoms with Gasteiger partial charge in [-0.05, 0) is 36.2 Å². The molecule has 142 valence electrons. The lowest BCUT2D eigenvalue weighted by Crippen LogP contribution is -2.23. The molecule has 0 atom stereocenters. The van der Waals surface area contributed by atoms with Crippen LogP contribution in [0, 0.1) is 10.1 Å². The molecule has 0 radical (unpaired) electrons. The van der Waals surface area contributed by atoms with Gasteiger partial charge in [-0.3, -0.25) is 19.7 Å². The molecule has 27 heavy (non-hydrogen) atoms. The highest BCUT2D eigenvalue weighted by Gasteiger charge is 2.05. The van der Waals surface area contributed by atoms with Gasteiger partial charge in [-0.1, -0.05) is 12.1 Å². The Kier molecular flexibility index (Phi) is 7.30. The molecule has 0 saturated heterocycles. The van der Waals surface area contributed by atoms with Gasteiger partial charge in [0.1, 0.15) is 0 Å². The number of carbonyl (C=O) groups excluding carboxylic acids is 2. The van der Waals surface area contributed by atoms with Gasteiger partial charge in [-0.25, -0.2) is 0 Å². The molecule has 0 aliphatic carbocycles. The van der Waals surface area contributed by atoms with Gasteiger partial charge in [-0.2, -0.15) is 0 Å². The molecule has 0 aromatic heterocycles. The number of carbonyl (C=O) groups is 2. The van der Waals surface area contributed by atoms with Crippen LogP contribution in [0.3, 0.4) is 0 Å². The van der Waals surface area contributed by atoms with Crippen LogP contribution in [-0.2, 0) is 16.1 Å². The number of non-ortho nitro benzene ring substituents is 1. The summed E-state index contributed by atoms with van der Waals surface area (Å²) < 4.78 is 0. The topological polar surface area (TPSA) is 113 Å². The van der Waals surface area contributed by atoms with Crippen LogP contribution < -0.4 is 16.0 Å². The Morgan fingerprint density at radius 3 is 2.48 bits per heavy atom. The normalized spacial score (nSPS) is 10.1. The molecule has 0 spiro atoms. The van der Waals surface area contributed by atoms with Crippen molar-refractivity contribution in [2.45, 2.75) is 26.3 Å². The Balaban J connectivity index is 1.67. The van der Waals surface area contributed by atoms with E-state index in [0.29, 0.717) is 31.6 Å². The maximum atomic E-state index is 11.9. The predicted molar refractivity (Wildman–Crippen MR) is 103 cm³/mol. The number of nitro benzene ring substituents is 1. The quantitative estimate of drug-likeness (QED) is 0.357. The summed E-state index contributed by atoms with van der Waals surface area (Å²) in [6.45, 7) is 2.42. The van der Waals surface area contributed by atoms with Crippen molar-refractivity contribution in [3.05, 3.63) is 64.2 Å². The fourth-order valence-corrected chi connectivity index (χ4v) is 2.43. The van der Waals surface area contributed by atoms with Gasteiger partial charge in [0.15, 0.2) is 0 Å². The maximum absolute atomic E-state index is 11.9. The minimum Gasteiger partial charge on any atom is -0.385 e. The minimum atomic E-state index is -0.444. The molecule has 2 aromatic rings. The van der Waals surface area contributed by atoms with E-state index in [1.54, 1.807) is 18.2 Å². The van der Waals surface area contributed by atoms with Gasteiger partial charge in [-0.15, -0.1) is 0 Å². The Bertz CT molecular complexity index is 806. The lowest BCUT2D eigenvalue weighted by molar-refractivity contribution is -0.384. The highest BCUT2D eigenvalue weighted by molar-refractivity contribution is 5.88. The first-order chi connectivity index (χ1) is 12.9. The number of rotatable bonds is 9. The number of anilines is 2. The van der Waals surface area contributed by atoms with E-state index in [1.165, 1.54) is 19.1 Å². The second-order valence-electron chi connectivity index (χ2n) is 5.99. The molecule has 0 heterocycles. The summed E-state index contributed by atoms with van der Waals surface area (Å²) in [5.41, 5.74) is 2.42. The zero-order valence-electron chi connectivity index (χ0n) is 15.0. The zero-order chi connectivity index (χ0) is 19.6. The number of hydrogen-bond acceptors (Lipinski definition) is 5. The number of nitrogens with zero attached hydrogens (tertiary/aromatic N) is 1. The first kappa shape index (κ1) is 19.9. The van der Waals surface area contributed by atoms with Crippen molar-refractivity contribution in [2.24, 2.45) is 0 Å². The van der Waals surface area contributed by atoms with Crippen molar-refractivity contribution in [1.82, 2.24) is 5.32 Å². The molecule has 8 nitrogen and oxygen atoms in total. The summed E-state index contributed by atoms with van der Waals surface area (Å²) in [4.78, 5) is 33.2. The van der Waals surface area contributed by atoms with Gasteiger partial charge < -0.3 is 16.0 Å². The van der Waals surface area contributed by atoms with E-state index in [1.807, 2.05) is 18.2 Å². The fourth-order valence-electron chi connectivity index (χ4n) is 2.43. The molecule has 2 amide bonds. The molecule has 2 rings (SSSR count). The summed E-state index contributed by atoms with van der Waals surface area (Å²) in [5, 5.41) is 19.3. The van der Waals surface area contributed by atoms with Crippen LogP contribution >= 0.6 is 0 Å². The smallest absolute Gasteiger partial charge is 0.269 e. The molecular formula is C19H22N4O4. The number of amides is 2. The summed E-state index contributed by atoms with van der Waals surface area (Å²) >= 11 is 0. The van der Waals surface area contributed by atoms with Crippen LogP contribution in [0.1, 0.15) is 25.3 Å². The van der Waals surface area contributed by atoms with Crippen molar-refractivity contribution in [3.8, 4) is 0 Å². The van der Waals surface area contributed by atoms with E-state index in [-0.39, 0.29) is 17.5 Å². The average Bonchev–Trinajstić information content (AvgIpc) is 2.64. The van der Waals surface area contributed by atoms with Crippen molar-refractivity contribution in [2.75, 3.05) is 17.2 Å². The second kappa shape index (κ2) is 9.91. The fraction of sp³-hybridized carbons (Fsp3) is 0.263. The largest absolute Gasteiger partial charge is 0.385 e. The molecule has 0 unspecified atom stereocenters. The molecule has 0 bridgehead atoms. The van der Waals surface area contributed by atoms with Gasteiger partial charge in [0.25, 0.3) is 5.69 Å². The van der Waals surface area contributed by atoms with E-state index in [9.17, 15) is 19.7 Å². The van der Waals surface area contributed by atoms with Crippen LogP contribution in [-0.4, -0.2) is 23.3 Å². The summed E-state index contributed by atoms with van der Waals surface area (Å²) in [5.74, 6) is -0.206. The molecule has 0 saturated carbocycles. The van der Waals surface area contributed by atoms with Crippen LogP contribution in [0.4, 0.5) is 17.1 Å². The van der Waals surface area contributed by atoms with Crippen molar-refractivity contribution in [1.29, 1.82) is 0 Å². The van der Waals surface area contributed by atoms with Gasteiger partial charge in [0.05, 0.1) is 4.92 Å². The van der Waals surface area contributed by atoms with E-state index >= 15 is 0 Å². The van der Waals surface area contributed by atoms with Crippen molar-refractivity contribution < 1.29 is 14.5 Å².